The summed E-state index contributed by atoms with van der Waals surface area (Å²) in [6.45, 7) is 3.53. The number of allylic oxidation sites excluding steroid dienone is 10. The molecule has 0 saturated heterocycles. The summed E-state index contributed by atoms with van der Waals surface area (Å²) in [7, 11) is -4.38. The summed E-state index contributed by atoms with van der Waals surface area (Å²) < 4.78 is 32.6. The van der Waals surface area contributed by atoms with Crippen LogP contribution in [0.1, 0.15) is 149 Å². The van der Waals surface area contributed by atoms with E-state index >= 15 is 0 Å². The van der Waals surface area contributed by atoms with Gasteiger partial charge in [-0.25, -0.2) is 4.57 Å². The lowest BCUT2D eigenvalue weighted by Crippen LogP contribution is -2.29. The van der Waals surface area contributed by atoms with E-state index < -0.39 is 32.5 Å². The number of carbonyl (C=O) groups is 2. The quantitative estimate of drug-likeness (QED) is 0.0283. The minimum atomic E-state index is -4.38. The van der Waals surface area contributed by atoms with E-state index in [0.717, 1.165) is 57.8 Å². The molecule has 0 bridgehead atoms. The Morgan fingerprint density at radius 1 is 0.620 bits per heavy atom. The monoisotopic (exact) mass is 723 g/mol. The van der Waals surface area contributed by atoms with E-state index in [1.807, 2.05) is 6.08 Å². The maximum atomic E-state index is 12.5. The van der Waals surface area contributed by atoms with E-state index in [-0.39, 0.29) is 32.6 Å². The number of phosphoric acid groups is 1. The third-order valence-corrected chi connectivity index (χ3v) is 8.65. The smallest absolute Gasteiger partial charge is 0.462 e. The largest absolute Gasteiger partial charge is 0.472 e. The van der Waals surface area contributed by atoms with Crippen molar-refractivity contribution in [1.82, 2.24) is 0 Å². The molecule has 288 valence electrons. The zero-order valence-corrected chi connectivity index (χ0v) is 32.3. The van der Waals surface area contributed by atoms with Crippen molar-refractivity contribution in [1.29, 1.82) is 0 Å². The predicted molar refractivity (Wildman–Crippen MR) is 206 cm³/mol. The zero-order valence-electron chi connectivity index (χ0n) is 31.4. The molecule has 0 saturated carbocycles. The second kappa shape index (κ2) is 36.5. The van der Waals surface area contributed by atoms with Crippen LogP contribution in [0, 0.1) is 0 Å². The molecule has 0 aliphatic rings. The summed E-state index contributed by atoms with van der Waals surface area (Å²) in [6, 6.07) is 0. The molecule has 1 unspecified atom stereocenters. The molecular formula is C40H70NO8P. The number of carbonyl (C=O) groups excluding carboxylic acids is 2. The Balaban J connectivity index is 4.32. The van der Waals surface area contributed by atoms with Gasteiger partial charge in [0.1, 0.15) is 6.61 Å². The molecule has 0 heterocycles. The Bertz CT molecular complexity index is 1010. The van der Waals surface area contributed by atoms with Crippen LogP contribution in [0.25, 0.3) is 0 Å². The Morgan fingerprint density at radius 3 is 1.62 bits per heavy atom. The molecule has 0 aromatic rings. The van der Waals surface area contributed by atoms with Crippen molar-refractivity contribution in [3.05, 3.63) is 60.8 Å². The Morgan fingerprint density at radius 2 is 1.10 bits per heavy atom. The normalized spacial score (nSPS) is 14.1. The number of ether oxygens (including phenoxy) is 2. The molecule has 0 aliphatic heterocycles. The summed E-state index contributed by atoms with van der Waals surface area (Å²) in [6.07, 6.45) is 41.1. The van der Waals surface area contributed by atoms with Crippen molar-refractivity contribution in [3.8, 4) is 0 Å². The van der Waals surface area contributed by atoms with Gasteiger partial charge in [0.15, 0.2) is 6.10 Å². The average molecular weight is 724 g/mol. The Labute approximate surface area is 304 Å². The highest BCUT2D eigenvalue weighted by Crippen LogP contribution is 2.43. The number of hydrogen-bond donors (Lipinski definition) is 2. The Hall–Kier alpha value is -2.29. The summed E-state index contributed by atoms with van der Waals surface area (Å²) >= 11 is 0. The van der Waals surface area contributed by atoms with E-state index in [2.05, 4.69) is 68.5 Å². The highest BCUT2D eigenvalue weighted by atomic mass is 31.2. The second-order valence-electron chi connectivity index (χ2n) is 12.4. The van der Waals surface area contributed by atoms with Crippen molar-refractivity contribution >= 4 is 19.8 Å². The van der Waals surface area contributed by atoms with Crippen LogP contribution in [-0.2, 0) is 32.7 Å². The predicted octanol–water partition coefficient (Wildman–Crippen LogP) is 10.5. The van der Waals surface area contributed by atoms with Crippen LogP contribution in [0.2, 0.25) is 0 Å². The van der Waals surface area contributed by atoms with Gasteiger partial charge in [0, 0.05) is 19.4 Å². The van der Waals surface area contributed by atoms with Crippen LogP contribution in [0.4, 0.5) is 0 Å². The second-order valence-corrected chi connectivity index (χ2v) is 13.9. The molecular weight excluding hydrogens is 653 g/mol. The van der Waals surface area contributed by atoms with E-state index in [0.29, 0.717) is 12.8 Å². The molecule has 10 heteroatoms. The van der Waals surface area contributed by atoms with Crippen LogP contribution in [0.5, 0.6) is 0 Å². The number of hydrogen-bond acceptors (Lipinski definition) is 8. The molecule has 9 nitrogen and oxygen atoms in total. The fraction of sp³-hybridized carbons (Fsp3) is 0.700. The van der Waals surface area contributed by atoms with Gasteiger partial charge in [0.25, 0.3) is 0 Å². The minimum absolute atomic E-state index is 0.0443. The molecule has 0 amide bonds. The number of unbranched alkanes of at least 4 members (excludes halogenated alkanes) is 12. The molecule has 3 N–H and O–H groups in total. The van der Waals surface area contributed by atoms with Gasteiger partial charge in [-0.1, -0.05) is 145 Å². The molecule has 0 aromatic heterocycles. The first kappa shape index (κ1) is 47.7. The minimum Gasteiger partial charge on any atom is -0.462 e. The zero-order chi connectivity index (χ0) is 36.8. The number of nitrogens with two attached hydrogens (primary N) is 1. The van der Waals surface area contributed by atoms with Crippen LogP contribution in [-0.4, -0.2) is 49.3 Å². The third-order valence-electron chi connectivity index (χ3n) is 7.67. The third kappa shape index (κ3) is 35.5. The van der Waals surface area contributed by atoms with E-state index in [4.69, 9.17) is 24.3 Å². The lowest BCUT2D eigenvalue weighted by molar-refractivity contribution is -0.161. The summed E-state index contributed by atoms with van der Waals surface area (Å²) in [5, 5.41) is 0. The van der Waals surface area contributed by atoms with Crippen LogP contribution in [0.3, 0.4) is 0 Å². The molecule has 50 heavy (non-hydrogen) atoms. The van der Waals surface area contributed by atoms with Crippen molar-refractivity contribution in [3.63, 3.8) is 0 Å². The molecule has 0 aromatic carbocycles. The lowest BCUT2D eigenvalue weighted by Gasteiger charge is -2.19. The first-order valence-electron chi connectivity index (χ1n) is 19.3. The highest BCUT2D eigenvalue weighted by molar-refractivity contribution is 7.47. The molecule has 0 aliphatic carbocycles. The first-order chi connectivity index (χ1) is 24.3. The van der Waals surface area contributed by atoms with E-state index in [1.165, 1.54) is 51.4 Å². The van der Waals surface area contributed by atoms with Crippen molar-refractivity contribution < 1.29 is 37.6 Å². The first-order valence-corrected chi connectivity index (χ1v) is 20.8. The van der Waals surface area contributed by atoms with Gasteiger partial charge in [-0.2, -0.15) is 0 Å². The number of esters is 2. The summed E-state index contributed by atoms with van der Waals surface area (Å²) in [5.74, 6) is -0.901. The van der Waals surface area contributed by atoms with Gasteiger partial charge in [-0.15, -0.1) is 0 Å². The van der Waals surface area contributed by atoms with Gasteiger partial charge in [-0.05, 0) is 51.4 Å². The van der Waals surface area contributed by atoms with Crippen molar-refractivity contribution in [2.75, 3.05) is 26.4 Å². The molecule has 0 fully saturated rings. The standard InChI is InChI=1S/C40H70NO8P/c1-3-5-7-9-11-13-15-17-18-19-20-21-23-24-26-28-30-32-39(42)46-36-38(37-48-50(44,45)47-35-34-41)49-40(43)33-31-29-27-25-22-16-14-12-10-8-6-4-2/h5,7,11,13,17-18,20-21,24,26,38H,3-4,6,8-10,12,14-16,19,22-23,25,27-37,41H2,1-2H3,(H,44,45)/b7-5+,13-11+,18-17+,21-20+,26-24+/t38-/m0/s1. The van der Waals surface area contributed by atoms with Crippen LogP contribution in [0.15, 0.2) is 60.8 Å². The van der Waals surface area contributed by atoms with Gasteiger partial charge >= 0.3 is 19.8 Å². The van der Waals surface area contributed by atoms with Gasteiger partial charge in [-0.3, -0.25) is 18.6 Å². The molecule has 0 radical (unpaired) electrons. The van der Waals surface area contributed by atoms with Crippen molar-refractivity contribution in [2.45, 2.75) is 155 Å². The average Bonchev–Trinajstić information content (AvgIpc) is 3.10. The fourth-order valence-electron chi connectivity index (χ4n) is 4.84. The van der Waals surface area contributed by atoms with Gasteiger partial charge < -0.3 is 20.1 Å². The summed E-state index contributed by atoms with van der Waals surface area (Å²) in [5.41, 5.74) is 5.33. The van der Waals surface area contributed by atoms with E-state index in [9.17, 15) is 19.0 Å². The summed E-state index contributed by atoms with van der Waals surface area (Å²) in [4.78, 5) is 34.7. The van der Waals surface area contributed by atoms with Gasteiger partial charge in [0.2, 0.25) is 0 Å². The van der Waals surface area contributed by atoms with E-state index in [1.54, 1.807) is 0 Å². The maximum Gasteiger partial charge on any atom is 0.472 e. The lowest BCUT2D eigenvalue weighted by atomic mass is 10.0. The molecule has 2 atom stereocenters. The number of phosphoric ester groups is 1. The van der Waals surface area contributed by atoms with Crippen LogP contribution < -0.4 is 5.73 Å². The topological polar surface area (TPSA) is 134 Å². The van der Waals surface area contributed by atoms with Gasteiger partial charge in [0.05, 0.1) is 13.2 Å². The maximum absolute atomic E-state index is 12.5. The SMILES string of the molecule is CC/C=C/C/C=C/C/C=C/C/C=C/C/C=C/CCCC(=O)OC[C@@H](COP(=O)(O)OCCN)OC(=O)CCCCCCCCCCCCCC. The molecule has 0 rings (SSSR count). The van der Waals surface area contributed by atoms with Crippen molar-refractivity contribution in [2.24, 2.45) is 5.73 Å². The highest BCUT2D eigenvalue weighted by Gasteiger charge is 2.25. The molecule has 0 spiro atoms. The van der Waals surface area contributed by atoms with Crippen LogP contribution >= 0.6 is 7.82 Å². The Kier molecular flexibility index (Phi) is 34.8. The number of rotatable bonds is 35. The fourth-order valence-corrected chi connectivity index (χ4v) is 5.61.